The Balaban J connectivity index is 1.58. The van der Waals surface area contributed by atoms with Gasteiger partial charge in [0, 0.05) is 18.1 Å². The summed E-state index contributed by atoms with van der Waals surface area (Å²) in [5.41, 5.74) is 0. The predicted octanol–water partition coefficient (Wildman–Crippen LogP) is 4.07. The van der Waals surface area contributed by atoms with Gasteiger partial charge < -0.3 is 9.47 Å². The Kier molecular flexibility index (Phi) is 7.72. The van der Waals surface area contributed by atoms with Crippen molar-refractivity contribution in [2.75, 3.05) is 13.2 Å². The number of rotatable bonds is 8. The van der Waals surface area contributed by atoms with Gasteiger partial charge in [-0.05, 0) is 50.7 Å². The van der Waals surface area contributed by atoms with E-state index in [0.717, 1.165) is 43.6 Å². The number of halogens is 1. The van der Waals surface area contributed by atoms with Crippen molar-refractivity contribution in [3.05, 3.63) is 30.3 Å². The normalized spacial score (nSPS) is 21.9. The Labute approximate surface area is 134 Å². The van der Waals surface area contributed by atoms with E-state index in [1.165, 1.54) is 6.42 Å². The third-order valence-corrected chi connectivity index (χ3v) is 5.62. The third-order valence-electron chi connectivity index (χ3n) is 3.47. The number of hydrogen-bond acceptors (Lipinski definition) is 3. The van der Waals surface area contributed by atoms with Crippen LogP contribution in [0.4, 0.5) is 0 Å². The standard InChI is InChI=1S/C16H23ClO3S/c17-15(21(18)14-8-2-1-3-9-14)10-4-6-12-19-16-11-5-7-13-20-16/h1-3,8-9,15-16H,4-7,10-13H2. The van der Waals surface area contributed by atoms with Gasteiger partial charge in [0.05, 0.1) is 10.8 Å². The fraction of sp³-hybridized carbons (Fsp3) is 0.625. The van der Waals surface area contributed by atoms with Crippen LogP contribution < -0.4 is 0 Å². The topological polar surface area (TPSA) is 35.5 Å². The van der Waals surface area contributed by atoms with E-state index in [2.05, 4.69) is 0 Å². The zero-order valence-electron chi connectivity index (χ0n) is 12.2. The Hall–Kier alpha value is -0.420. The van der Waals surface area contributed by atoms with Gasteiger partial charge in [0.2, 0.25) is 0 Å². The molecule has 1 fully saturated rings. The van der Waals surface area contributed by atoms with Gasteiger partial charge in [0.1, 0.15) is 4.71 Å². The molecule has 118 valence electrons. The first kappa shape index (κ1) is 16.9. The Morgan fingerprint density at radius 2 is 2.10 bits per heavy atom. The molecule has 5 heteroatoms. The molecule has 1 heterocycles. The summed E-state index contributed by atoms with van der Waals surface area (Å²) in [5.74, 6) is 0. The molecule has 21 heavy (non-hydrogen) atoms. The fourth-order valence-corrected chi connectivity index (χ4v) is 3.84. The molecule has 3 unspecified atom stereocenters. The van der Waals surface area contributed by atoms with Gasteiger partial charge in [-0.2, -0.15) is 0 Å². The fourth-order valence-electron chi connectivity index (χ4n) is 2.27. The highest BCUT2D eigenvalue weighted by molar-refractivity contribution is 7.87. The van der Waals surface area contributed by atoms with Crippen molar-refractivity contribution < 1.29 is 13.7 Å². The highest BCUT2D eigenvalue weighted by Gasteiger charge is 2.16. The van der Waals surface area contributed by atoms with E-state index in [0.29, 0.717) is 6.61 Å². The summed E-state index contributed by atoms with van der Waals surface area (Å²) in [6.07, 6.45) is 5.87. The second kappa shape index (κ2) is 9.57. The molecule has 0 spiro atoms. The lowest BCUT2D eigenvalue weighted by atomic mass is 10.2. The lowest BCUT2D eigenvalue weighted by molar-refractivity contribution is -0.162. The van der Waals surface area contributed by atoms with Gasteiger partial charge in [-0.25, -0.2) is 0 Å². The number of benzene rings is 1. The molecule has 3 atom stereocenters. The van der Waals surface area contributed by atoms with Crippen molar-refractivity contribution in [3.8, 4) is 0 Å². The summed E-state index contributed by atoms with van der Waals surface area (Å²) < 4.78 is 23.0. The van der Waals surface area contributed by atoms with Crippen LogP contribution in [-0.2, 0) is 20.3 Å². The van der Waals surface area contributed by atoms with Crippen LogP contribution in [0, 0.1) is 0 Å². The van der Waals surface area contributed by atoms with E-state index in [1.54, 1.807) is 0 Å². The maximum absolute atomic E-state index is 12.2. The minimum atomic E-state index is -1.14. The Bertz CT molecular complexity index is 421. The molecule has 1 aromatic carbocycles. The van der Waals surface area contributed by atoms with Crippen LogP contribution in [-0.4, -0.2) is 28.4 Å². The summed E-state index contributed by atoms with van der Waals surface area (Å²) in [4.78, 5) is 0.796. The molecular formula is C16H23ClO3S. The number of alkyl halides is 1. The van der Waals surface area contributed by atoms with Crippen molar-refractivity contribution >= 4 is 22.4 Å². The molecule has 0 radical (unpaired) electrons. The number of ether oxygens (including phenoxy) is 2. The van der Waals surface area contributed by atoms with Crippen molar-refractivity contribution in [2.45, 2.75) is 54.4 Å². The van der Waals surface area contributed by atoms with Crippen LogP contribution in [0.1, 0.15) is 38.5 Å². The lowest BCUT2D eigenvalue weighted by Crippen LogP contribution is -2.22. The van der Waals surface area contributed by atoms with Gasteiger partial charge in [-0.3, -0.25) is 4.21 Å². The Morgan fingerprint density at radius 1 is 1.29 bits per heavy atom. The molecular weight excluding hydrogens is 308 g/mol. The second-order valence-corrected chi connectivity index (χ2v) is 7.60. The molecule has 0 amide bonds. The van der Waals surface area contributed by atoms with Crippen LogP contribution in [0.5, 0.6) is 0 Å². The first-order valence-corrected chi connectivity index (χ1v) is 9.25. The van der Waals surface area contributed by atoms with Crippen LogP contribution >= 0.6 is 11.6 Å². The maximum Gasteiger partial charge on any atom is 0.157 e. The molecule has 1 aliphatic heterocycles. The van der Waals surface area contributed by atoms with Crippen molar-refractivity contribution in [3.63, 3.8) is 0 Å². The first-order chi connectivity index (χ1) is 10.3. The first-order valence-electron chi connectivity index (χ1n) is 7.60. The van der Waals surface area contributed by atoms with Crippen molar-refractivity contribution in [2.24, 2.45) is 0 Å². The van der Waals surface area contributed by atoms with Crippen molar-refractivity contribution in [1.82, 2.24) is 0 Å². The SMILES string of the molecule is O=S(c1ccccc1)C(Cl)CCCCOC1CCCCO1. The van der Waals surface area contributed by atoms with E-state index in [9.17, 15) is 4.21 Å². The molecule has 0 N–H and O–H groups in total. The van der Waals surface area contributed by atoms with Crippen LogP contribution in [0.25, 0.3) is 0 Å². The van der Waals surface area contributed by atoms with Crippen molar-refractivity contribution in [1.29, 1.82) is 0 Å². The number of unbranched alkanes of at least 4 members (excludes halogenated alkanes) is 1. The zero-order valence-corrected chi connectivity index (χ0v) is 13.8. The second-order valence-electron chi connectivity index (χ2n) is 5.18. The van der Waals surface area contributed by atoms with Gasteiger partial charge in [-0.1, -0.05) is 18.2 Å². The lowest BCUT2D eigenvalue weighted by Gasteiger charge is -2.22. The van der Waals surface area contributed by atoms with E-state index in [4.69, 9.17) is 21.1 Å². The van der Waals surface area contributed by atoms with Crippen LogP contribution in [0.2, 0.25) is 0 Å². The maximum atomic E-state index is 12.2. The van der Waals surface area contributed by atoms with Crippen LogP contribution in [0.3, 0.4) is 0 Å². The minimum absolute atomic E-state index is 0.0241. The molecule has 0 bridgehead atoms. The molecule has 1 aliphatic rings. The summed E-state index contributed by atoms with van der Waals surface area (Å²) in [6.45, 7) is 1.50. The molecule has 1 aromatic rings. The third kappa shape index (κ3) is 6.07. The smallest absolute Gasteiger partial charge is 0.157 e. The predicted molar refractivity (Wildman–Crippen MR) is 85.9 cm³/mol. The monoisotopic (exact) mass is 330 g/mol. The molecule has 0 saturated carbocycles. The average molecular weight is 331 g/mol. The van der Waals surface area contributed by atoms with Gasteiger partial charge in [-0.15, -0.1) is 11.6 Å². The summed E-state index contributed by atoms with van der Waals surface area (Å²) in [7, 11) is -1.14. The number of hydrogen-bond donors (Lipinski definition) is 0. The molecule has 2 rings (SSSR count). The van der Waals surface area contributed by atoms with E-state index >= 15 is 0 Å². The molecule has 0 aliphatic carbocycles. The molecule has 3 nitrogen and oxygen atoms in total. The van der Waals surface area contributed by atoms with E-state index in [-0.39, 0.29) is 11.0 Å². The van der Waals surface area contributed by atoms with E-state index in [1.807, 2.05) is 30.3 Å². The van der Waals surface area contributed by atoms with Crippen LogP contribution in [0.15, 0.2) is 35.2 Å². The minimum Gasteiger partial charge on any atom is -0.353 e. The summed E-state index contributed by atoms with van der Waals surface area (Å²) >= 11 is 6.23. The van der Waals surface area contributed by atoms with Gasteiger partial charge in [0.15, 0.2) is 6.29 Å². The van der Waals surface area contributed by atoms with E-state index < -0.39 is 10.8 Å². The summed E-state index contributed by atoms with van der Waals surface area (Å²) in [5, 5.41) is 0. The largest absolute Gasteiger partial charge is 0.353 e. The van der Waals surface area contributed by atoms with Gasteiger partial charge >= 0.3 is 0 Å². The average Bonchev–Trinajstić information content (AvgIpc) is 2.55. The quantitative estimate of drug-likeness (QED) is 0.532. The molecule has 1 saturated heterocycles. The molecule has 0 aromatic heterocycles. The Morgan fingerprint density at radius 3 is 2.81 bits per heavy atom. The summed E-state index contributed by atoms with van der Waals surface area (Å²) in [6, 6.07) is 9.39. The zero-order chi connectivity index (χ0) is 14.9. The highest BCUT2D eigenvalue weighted by atomic mass is 35.5. The van der Waals surface area contributed by atoms with Gasteiger partial charge in [0.25, 0.3) is 0 Å². The highest BCUT2D eigenvalue weighted by Crippen LogP contribution is 2.19.